The summed E-state index contributed by atoms with van der Waals surface area (Å²) < 4.78 is 6.43. The minimum absolute atomic E-state index is 0.00245. The number of fused-ring (bicyclic) bond motifs is 3. The van der Waals surface area contributed by atoms with Gasteiger partial charge in [0, 0.05) is 32.9 Å². The van der Waals surface area contributed by atoms with Crippen LogP contribution in [0.4, 0.5) is 0 Å². The maximum Gasteiger partial charge on any atom is 0.165 e. The van der Waals surface area contributed by atoms with E-state index in [0.717, 1.165) is 68.2 Å². The molecule has 0 saturated carbocycles. The topological polar surface area (TPSA) is 51.8 Å². The third-order valence-corrected chi connectivity index (χ3v) is 10.2. The quantitative estimate of drug-likeness (QED) is 0.125. The predicted molar refractivity (Wildman–Crippen MR) is 235 cm³/mol. The fourth-order valence-electron chi connectivity index (χ4n) is 7.15. The van der Waals surface area contributed by atoms with E-state index in [0.29, 0.717) is 17.5 Å². The molecule has 0 bridgehead atoms. The zero-order chi connectivity index (χ0) is 38.3. The van der Waals surface area contributed by atoms with Crippen molar-refractivity contribution in [3.8, 4) is 45.3 Å². The third kappa shape index (κ3) is 7.69. The number of hydrogen-bond donors (Lipinski definition) is 0. The molecule has 272 valence electrons. The SMILES string of the molecule is C=C/C=C\C=C/Cc1ccc(-c2ccc3oc4ccccc4c3c2-c2nc(-c3ccccc3)nc(-c3ccc(C4=CCC(C)(/C=C\C=C/C)C=C4)cc3)n2)cc1. The van der Waals surface area contributed by atoms with Crippen LogP contribution in [0.5, 0.6) is 0 Å². The first kappa shape index (κ1) is 36.1. The molecule has 0 aliphatic heterocycles. The van der Waals surface area contributed by atoms with E-state index in [1.165, 1.54) is 11.1 Å². The molecule has 0 N–H and O–H groups in total. The fraction of sp³-hybridized carbons (Fsp3) is 0.0962. The van der Waals surface area contributed by atoms with Gasteiger partial charge in [0.15, 0.2) is 17.5 Å². The van der Waals surface area contributed by atoms with E-state index in [-0.39, 0.29) is 5.41 Å². The molecule has 56 heavy (non-hydrogen) atoms. The van der Waals surface area contributed by atoms with E-state index in [1.807, 2.05) is 73.7 Å². The number of hydrogen-bond acceptors (Lipinski definition) is 4. The average molecular weight is 726 g/mol. The van der Waals surface area contributed by atoms with Crippen LogP contribution in [0.3, 0.4) is 0 Å². The van der Waals surface area contributed by atoms with Gasteiger partial charge < -0.3 is 4.42 Å². The van der Waals surface area contributed by atoms with Crippen molar-refractivity contribution in [1.29, 1.82) is 0 Å². The number of furan rings is 1. The molecule has 4 nitrogen and oxygen atoms in total. The number of para-hydroxylation sites is 1. The number of rotatable bonds is 11. The first-order valence-corrected chi connectivity index (χ1v) is 19.1. The molecule has 0 fully saturated rings. The van der Waals surface area contributed by atoms with Gasteiger partial charge in [-0.25, -0.2) is 15.0 Å². The molecule has 0 amide bonds. The molecule has 1 aliphatic carbocycles. The van der Waals surface area contributed by atoms with Gasteiger partial charge in [-0.3, -0.25) is 0 Å². The molecule has 4 heteroatoms. The summed E-state index contributed by atoms with van der Waals surface area (Å²) in [4.78, 5) is 15.6. The Hall–Kier alpha value is -6.91. The second kappa shape index (κ2) is 16.2. The van der Waals surface area contributed by atoms with Crippen LogP contribution in [0.1, 0.15) is 31.4 Å². The first-order valence-electron chi connectivity index (χ1n) is 19.1. The van der Waals surface area contributed by atoms with E-state index in [1.54, 1.807) is 6.08 Å². The minimum atomic E-state index is 0.00245. The number of allylic oxidation sites excluding steroid dienone is 13. The lowest BCUT2D eigenvalue weighted by atomic mass is 9.80. The van der Waals surface area contributed by atoms with Crippen molar-refractivity contribution in [1.82, 2.24) is 15.0 Å². The van der Waals surface area contributed by atoms with Crippen molar-refractivity contribution in [2.45, 2.75) is 26.7 Å². The van der Waals surface area contributed by atoms with Crippen LogP contribution >= 0.6 is 0 Å². The average Bonchev–Trinajstić information content (AvgIpc) is 3.63. The van der Waals surface area contributed by atoms with E-state index in [9.17, 15) is 0 Å². The molecule has 1 unspecified atom stereocenters. The van der Waals surface area contributed by atoms with Gasteiger partial charge in [0.2, 0.25) is 0 Å². The van der Waals surface area contributed by atoms with E-state index in [4.69, 9.17) is 19.4 Å². The van der Waals surface area contributed by atoms with Crippen LogP contribution in [-0.4, -0.2) is 15.0 Å². The fourth-order valence-corrected chi connectivity index (χ4v) is 7.15. The molecule has 0 spiro atoms. The molecule has 1 aliphatic rings. The van der Waals surface area contributed by atoms with E-state index < -0.39 is 0 Å². The largest absolute Gasteiger partial charge is 0.456 e. The van der Waals surface area contributed by atoms with Gasteiger partial charge in [-0.05, 0) is 65.8 Å². The highest BCUT2D eigenvalue weighted by Crippen LogP contribution is 2.42. The molecule has 0 saturated heterocycles. The van der Waals surface area contributed by atoms with Crippen molar-refractivity contribution >= 4 is 27.5 Å². The Morgan fingerprint density at radius 1 is 0.661 bits per heavy atom. The second-order valence-electron chi connectivity index (χ2n) is 14.2. The lowest BCUT2D eigenvalue weighted by Gasteiger charge is -2.24. The van der Waals surface area contributed by atoms with Gasteiger partial charge in [-0.1, -0.05) is 183 Å². The van der Waals surface area contributed by atoms with Crippen molar-refractivity contribution in [3.63, 3.8) is 0 Å². The maximum absolute atomic E-state index is 6.43. The summed E-state index contributed by atoms with van der Waals surface area (Å²) in [5, 5.41) is 2.00. The highest BCUT2D eigenvalue weighted by Gasteiger charge is 2.23. The Bertz CT molecular complexity index is 2710. The van der Waals surface area contributed by atoms with Crippen molar-refractivity contribution in [3.05, 3.63) is 206 Å². The summed E-state index contributed by atoms with van der Waals surface area (Å²) in [7, 11) is 0. The zero-order valence-electron chi connectivity index (χ0n) is 31.8. The van der Waals surface area contributed by atoms with E-state index in [2.05, 4.69) is 129 Å². The number of benzene rings is 5. The standard InChI is InChI=1S/C52H43N3O/c1-4-6-8-9-11-17-37-22-24-40(25-23-37)43-30-31-46-47(44-20-14-15-21-45(44)56-46)48(43)51-54-49(41-18-12-10-13-19-41)53-50(55-51)42-28-26-38(27-29-42)39-32-35-52(3,36-33-39)34-16-7-5-2/h4-16,18-35H,1,17,36H2,2-3H3/b7-5-,8-6-,11-9-,34-16-. The predicted octanol–water partition coefficient (Wildman–Crippen LogP) is 13.8. The summed E-state index contributed by atoms with van der Waals surface area (Å²) in [6.45, 7) is 8.04. The lowest BCUT2D eigenvalue weighted by Crippen LogP contribution is -2.11. The molecular formula is C52H43N3O. The molecule has 0 radical (unpaired) electrons. The molecule has 5 aromatic carbocycles. The second-order valence-corrected chi connectivity index (χ2v) is 14.2. The van der Waals surface area contributed by atoms with Gasteiger partial charge in [0.25, 0.3) is 0 Å². The molecular weight excluding hydrogens is 683 g/mol. The Kier molecular flexibility index (Phi) is 10.5. The van der Waals surface area contributed by atoms with Gasteiger partial charge in [-0.15, -0.1) is 0 Å². The van der Waals surface area contributed by atoms with Crippen LogP contribution in [0.2, 0.25) is 0 Å². The van der Waals surface area contributed by atoms with Crippen LogP contribution < -0.4 is 0 Å². The highest BCUT2D eigenvalue weighted by atomic mass is 16.3. The monoisotopic (exact) mass is 725 g/mol. The molecule has 8 rings (SSSR count). The Labute approximate surface area is 329 Å². The Morgan fingerprint density at radius 3 is 2.09 bits per heavy atom. The smallest absolute Gasteiger partial charge is 0.165 e. The number of aromatic nitrogens is 3. The summed E-state index contributed by atoms with van der Waals surface area (Å²) >= 11 is 0. The third-order valence-electron chi connectivity index (χ3n) is 10.2. The van der Waals surface area contributed by atoms with Crippen molar-refractivity contribution < 1.29 is 4.42 Å². The minimum Gasteiger partial charge on any atom is -0.456 e. The van der Waals surface area contributed by atoms with Gasteiger partial charge in [0.05, 0.1) is 0 Å². The first-order chi connectivity index (χ1) is 27.5. The van der Waals surface area contributed by atoms with Gasteiger partial charge >= 0.3 is 0 Å². The van der Waals surface area contributed by atoms with E-state index >= 15 is 0 Å². The van der Waals surface area contributed by atoms with Gasteiger partial charge in [-0.2, -0.15) is 0 Å². The molecule has 2 aromatic heterocycles. The summed E-state index contributed by atoms with van der Waals surface area (Å²) in [6.07, 6.45) is 27.0. The summed E-state index contributed by atoms with van der Waals surface area (Å²) in [6, 6.07) is 39.8. The molecule has 1 atom stereocenters. The Morgan fingerprint density at radius 2 is 1.36 bits per heavy atom. The summed E-state index contributed by atoms with van der Waals surface area (Å²) in [5.74, 6) is 1.81. The highest BCUT2D eigenvalue weighted by molar-refractivity contribution is 6.15. The Balaban J connectivity index is 1.24. The summed E-state index contributed by atoms with van der Waals surface area (Å²) in [5.41, 5.74) is 10.0. The number of nitrogens with zero attached hydrogens (tertiary/aromatic N) is 3. The zero-order valence-corrected chi connectivity index (χ0v) is 31.8. The molecule has 7 aromatic rings. The maximum atomic E-state index is 6.43. The van der Waals surface area contributed by atoms with Crippen molar-refractivity contribution in [2.75, 3.05) is 0 Å². The van der Waals surface area contributed by atoms with Gasteiger partial charge in [0.1, 0.15) is 11.2 Å². The molecule has 2 heterocycles. The normalized spacial score (nSPS) is 15.9. The van der Waals surface area contributed by atoms with Crippen LogP contribution in [0, 0.1) is 5.41 Å². The van der Waals surface area contributed by atoms with Crippen LogP contribution in [0.15, 0.2) is 199 Å². The van der Waals surface area contributed by atoms with Crippen LogP contribution in [-0.2, 0) is 6.42 Å². The van der Waals surface area contributed by atoms with Crippen molar-refractivity contribution in [2.24, 2.45) is 5.41 Å². The van der Waals surface area contributed by atoms with Crippen LogP contribution in [0.25, 0.3) is 72.8 Å². The lowest BCUT2D eigenvalue weighted by molar-refractivity contribution is 0.558.